The number of para-hydroxylation sites is 1. The van der Waals surface area contributed by atoms with E-state index in [2.05, 4.69) is 198 Å². The largest absolute Gasteiger partial charge is 0.508 e. The first-order chi connectivity index (χ1) is 48.1. The van der Waals surface area contributed by atoms with Crippen molar-refractivity contribution < 1.29 is 44.7 Å². The van der Waals surface area contributed by atoms with Crippen LogP contribution in [0, 0.1) is 17.8 Å². The number of imidazole rings is 1. The maximum atomic E-state index is 9.82. The number of aromatic amines is 1. The number of amides is 2. The van der Waals surface area contributed by atoms with Gasteiger partial charge in [-0.3, -0.25) is 29.2 Å². The lowest BCUT2D eigenvalue weighted by molar-refractivity contribution is -0.137. The number of carboxylic acid groups (broad SMARTS) is 2. The van der Waals surface area contributed by atoms with E-state index >= 15 is 0 Å². The molecule has 0 saturated heterocycles. The van der Waals surface area contributed by atoms with Gasteiger partial charge in [-0.2, -0.15) is 24.4 Å². The highest BCUT2D eigenvalue weighted by molar-refractivity contribution is 7.98. The molecule has 5 rings (SSSR count). The van der Waals surface area contributed by atoms with Crippen LogP contribution in [0.2, 0.25) is 0 Å². The summed E-state index contributed by atoms with van der Waals surface area (Å²) in [7, 11) is 0. The lowest BCUT2D eigenvalue weighted by Gasteiger charge is -2.03. The van der Waals surface area contributed by atoms with E-state index in [4.69, 9.17) is 48.5 Å². The van der Waals surface area contributed by atoms with E-state index in [9.17, 15) is 19.2 Å². The summed E-state index contributed by atoms with van der Waals surface area (Å²) in [6, 6.07) is 26.1. The molecule has 3 aromatic carbocycles. The zero-order valence-corrected chi connectivity index (χ0v) is 72.1. The van der Waals surface area contributed by atoms with Crippen LogP contribution in [0.15, 0.2) is 101 Å². The lowest BCUT2D eigenvalue weighted by atomic mass is 9.99. The van der Waals surface area contributed by atoms with Gasteiger partial charge in [-0.05, 0) is 156 Å². The molecule has 1 aliphatic heterocycles. The van der Waals surface area contributed by atoms with Gasteiger partial charge in [-0.15, -0.1) is 0 Å². The van der Waals surface area contributed by atoms with Crippen LogP contribution in [0.1, 0.15) is 319 Å². The zero-order valence-electron chi connectivity index (χ0n) is 70.3. The number of carbonyl (C=O) groups is 4. The summed E-state index contributed by atoms with van der Waals surface area (Å²) in [5, 5.41) is 40.1. The van der Waals surface area contributed by atoms with Gasteiger partial charge in [0.05, 0.1) is 12.0 Å². The van der Waals surface area contributed by atoms with Gasteiger partial charge in [-0.1, -0.05) is 267 Å². The molecule has 1 aliphatic rings. The number of aryl methyl sites for hydroxylation is 3. The van der Waals surface area contributed by atoms with Crippen LogP contribution < -0.4 is 28.7 Å². The second-order valence-corrected chi connectivity index (χ2v) is 24.9. The number of thiol groups is 1. The summed E-state index contributed by atoms with van der Waals surface area (Å²) in [5.41, 5.74) is 31.2. The first-order valence-corrected chi connectivity index (χ1v) is 39.7. The molecule has 16 N–H and O–H groups in total. The number of H-pyrrole nitrogens is 1. The van der Waals surface area contributed by atoms with Crippen molar-refractivity contribution in [1.82, 2.24) is 9.97 Å². The highest BCUT2D eigenvalue weighted by Gasteiger charge is 2.15. The molecule has 18 nitrogen and oxygen atoms in total. The number of unbranched alkanes of at least 4 members (excludes halogenated alkanes) is 3. The molecule has 2 heterocycles. The number of nitrogens with two attached hydrogens (primary N) is 5. The zero-order chi connectivity index (χ0) is 82.4. The van der Waals surface area contributed by atoms with Crippen LogP contribution in [0.4, 0.5) is 5.69 Å². The number of hydrogen-bond acceptors (Lipinski definition) is 13. The number of carboxylic acids is 2. The van der Waals surface area contributed by atoms with Crippen molar-refractivity contribution >= 4 is 66.0 Å². The molecular formula is C84H173N9O9S2. The number of guanidine groups is 1. The topological polar surface area (TPSA) is 353 Å². The summed E-state index contributed by atoms with van der Waals surface area (Å²) in [6.45, 7) is 54.9. The van der Waals surface area contributed by atoms with Gasteiger partial charge < -0.3 is 59.2 Å². The second kappa shape index (κ2) is 121. The Morgan fingerprint density at radius 1 is 0.596 bits per heavy atom. The second-order valence-electron chi connectivity index (χ2n) is 23.3. The molecule has 1 unspecified atom stereocenters. The molecule has 1 atom stereocenters. The smallest absolute Gasteiger partial charge is 0.303 e. The number of hydrogen-bond donors (Lipinski definition) is 12. The van der Waals surface area contributed by atoms with E-state index in [1.165, 1.54) is 66.7 Å². The molecule has 4 aromatic rings. The average Bonchev–Trinajstić information content (AvgIpc) is 1.70. The van der Waals surface area contributed by atoms with E-state index < -0.39 is 11.9 Å². The predicted molar refractivity (Wildman–Crippen MR) is 471 cm³/mol. The number of aliphatic imine (C=N–C) groups is 2. The summed E-state index contributed by atoms with van der Waals surface area (Å²) in [4.78, 5) is 53.3. The number of aromatic nitrogens is 2. The van der Waals surface area contributed by atoms with Gasteiger partial charge in [0.15, 0.2) is 5.96 Å². The van der Waals surface area contributed by atoms with Crippen LogP contribution in [0.5, 0.6) is 5.75 Å². The van der Waals surface area contributed by atoms with Crippen molar-refractivity contribution in [2.45, 2.75) is 322 Å². The molecule has 0 bridgehead atoms. The fourth-order valence-corrected chi connectivity index (χ4v) is 5.25. The number of aliphatic hydroxyl groups excluding tert-OH is 2. The van der Waals surface area contributed by atoms with E-state index in [1.807, 2.05) is 83.1 Å². The Kier molecular flexibility index (Phi) is 156. The van der Waals surface area contributed by atoms with Gasteiger partial charge in [0.1, 0.15) is 5.75 Å². The molecule has 0 fully saturated rings. The number of phenolic OH excluding ortho intramolecular Hbond substituents is 1. The SMILES string of the molecule is C.C.CC.CC(C)C.CC(C)O.CCC(=O)O.CCC(C)C.CCC(C)C.CCC(N)=O.CCC1C=Nc2ccccc21.CCCC(=O)O.CCCC(N)=O.CCCCCN.CCCCN=C(N)N.CCCSC.CCO.CCS.CCc1ccc(O)cc1.CCc1ccccc1.CCc1cnc[nH]1. The summed E-state index contributed by atoms with van der Waals surface area (Å²) in [5.74, 6) is 4.03. The summed E-state index contributed by atoms with van der Waals surface area (Å²) >= 11 is 5.69. The number of rotatable bonds is 20. The minimum atomic E-state index is -0.745. The fraction of sp³-hybridized carbons (Fsp3) is 0.679. The third kappa shape index (κ3) is 172. The first kappa shape index (κ1) is 134. The molecule has 0 saturated carbocycles. The Morgan fingerprint density at radius 3 is 1.20 bits per heavy atom. The highest BCUT2D eigenvalue weighted by atomic mass is 32.2. The Balaban J connectivity index is -0.0000000628. The number of primary amides is 2. The molecule has 620 valence electrons. The van der Waals surface area contributed by atoms with E-state index in [1.54, 1.807) is 53.1 Å². The molecule has 1 aromatic heterocycles. The number of benzene rings is 3. The molecule has 0 spiro atoms. The normalized spacial score (nSPS) is 9.55. The highest BCUT2D eigenvalue weighted by Crippen LogP contribution is 2.33. The van der Waals surface area contributed by atoms with E-state index in [-0.39, 0.29) is 51.8 Å². The summed E-state index contributed by atoms with van der Waals surface area (Å²) in [6.07, 6.45) is 24.8. The van der Waals surface area contributed by atoms with Crippen molar-refractivity contribution in [3.63, 3.8) is 0 Å². The van der Waals surface area contributed by atoms with Gasteiger partial charge in [0, 0.05) is 69.0 Å². The van der Waals surface area contributed by atoms with Crippen LogP contribution in [-0.2, 0) is 38.4 Å². The molecule has 2 amide bonds. The molecular weight excluding hydrogens is 1340 g/mol. The predicted octanol–water partition coefficient (Wildman–Crippen LogP) is 21.9. The van der Waals surface area contributed by atoms with Crippen LogP contribution in [-0.4, -0.2) is 115 Å². The van der Waals surface area contributed by atoms with Crippen molar-refractivity contribution in [1.29, 1.82) is 0 Å². The van der Waals surface area contributed by atoms with Crippen molar-refractivity contribution in [2.24, 2.45) is 56.4 Å². The number of thioether (sulfide) groups is 1. The third-order valence-corrected chi connectivity index (χ3v) is 11.8. The van der Waals surface area contributed by atoms with Gasteiger partial charge in [0.25, 0.3) is 0 Å². The standard InChI is InChI=1S/C10H11N.C8H10O.C8H10.C5H13N3.C5H8N2.C5H13N.2C5H12.C4H9NO.C4H8O2.C4H10S.C4H10.C3H7NO.C3H6O2.C3H8O.C2H6O.C2H6S.C2H6.2CH4/c1-2-8-7-11-10-6-4-3-5-9(8)10;1-2-7-3-5-8(9)6-4-7;1-2-8-6-4-3-5-7-8;1-2-3-4-8-5(6)7;1-2-5-3-6-4-7-5;1-2-3-4-5-6;2*1-4-5(2)3;2*1-2-3-4(5)6;1-3-4-5-2;1-4(2)3;2*1-2-3(4)5;1-3(2)4;2*1-2-3;1-2;;/h3-8H,2H2,1H3;3-6,9H,2H2,1H3;3-7H,2H2,1H3;2-4H2,1H3,(H4,6,7,8);3-4H,2H2,1H3,(H,6,7);2-6H2,1H3;2*5H,4H2,1-3H3;2-3H2,1H3,(H2,5,6);2-3H2,1H3,(H,5,6);3-4H2,1-2H3;4H,1-3H3;2H2,1H3,(H2,4,5);2H2,1H3,(H,4,5);3-4H,1-2H3;2*3H,2H2,1H3;1-2H3;2*1H4. The Labute approximate surface area is 653 Å². The number of aliphatic carboxylic acids is 2. The molecule has 0 aliphatic carbocycles. The van der Waals surface area contributed by atoms with Crippen molar-refractivity contribution in [2.75, 3.05) is 37.5 Å². The Hall–Kier alpha value is -5.93. The maximum absolute atomic E-state index is 9.82. The number of carbonyl (C=O) groups excluding carboxylic acids is 2. The Bertz CT molecular complexity index is 2150. The van der Waals surface area contributed by atoms with E-state index in [0.717, 1.165) is 93.7 Å². The maximum Gasteiger partial charge on any atom is 0.303 e. The number of aromatic hydroxyl groups is 1. The molecule has 0 radical (unpaired) electrons. The van der Waals surface area contributed by atoms with Gasteiger partial charge >= 0.3 is 11.9 Å². The number of fused-ring (bicyclic) bond motifs is 1. The molecule has 20 heteroatoms. The average molecular weight is 1520 g/mol. The lowest BCUT2D eigenvalue weighted by Crippen LogP contribution is -2.22. The minimum Gasteiger partial charge on any atom is -0.508 e. The Morgan fingerprint density at radius 2 is 0.990 bits per heavy atom. The first-order valence-electron chi connectivity index (χ1n) is 37.7. The number of nitrogens with one attached hydrogen (secondary N) is 1. The summed E-state index contributed by atoms with van der Waals surface area (Å²) < 4.78 is 0. The minimum absolute atomic E-state index is 0. The van der Waals surface area contributed by atoms with Gasteiger partial charge in [0.2, 0.25) is 11.8 Å². The number of nitrogens with zero attached hydrogens (tertiary/aromatic N) is 3. The van der Waals surface area contributed by atoms with Crippen molar-refractivity contribution in [3.8, 4) is 5.75 Å². The fourth-order valence-electron chi connectivity index (χ4n) is 4.84. The molecule has 104 heavy (non-hydrogen) atoms. The number of aliphatic hydroxyl groups is 2. The third-order valence-electron chi connectivity index (χ3n) is 11.0. The van der Waals surface area contributed by atoms with Gasteiger partial charge in [-0.25, -0.2) is 4.98 Å². The van der Waals surface area contributed by atoms with Crippen molar-refractivity contribution in [3.05, 3.63) is 114 Å². The van der Waals surface area contributed by atoms with E-state index in [0.29, 0.717) is 30.9 Å². The van der Waals surface area contributed by atoms with Crippen LogP contribution in [0.3, 0.4) is 0 Å². The quantitative estimate of drug-likeness (QED) is 0.0169. The number of phenols is 1. The monoisotopic (exact) mass is 1520 g/mol. The van der Waals surface area contributed by atoms with Crippen LogP contribution in [0.25, 0.3) is 0 Å². The van der Waals surface area contributed by atoms with Crippen LogP contribution >= 0.6 is 24.4 Å².